The number of esters is 1. The van der Waals surface area contributed by atoms with Crippen molar-refractivity contribution in [2.24, 2.45) is 0 Å². The molecule has 0 aromatic heterocycles. The van der Waals surface area contributed by atoms with Crippen molar-refractivity contribution in [3.8, 4) is 5.75 Å². The Hall–Kier alpha value is -3.15. The molecular formula is C23H24N2O4. The van der Waals surface area contributed by atoms with Crippen molar-refractivity contribution in [2.75, 3.05) is 5.32 Å². The molecule has 2 aromatic rings. The quantitative estimate of drug-likeness (QED) is 0.486. The number of hydrogen-bond acceptors (Lipinski definition) is 5. The molecule has 4 rings (SSSR count). The standard InChI is InChI=1S/C23H24N2O4/c1-13-12-23(3,4)24-19-10-9-15(11-18(13)19)29-22(28)14(2)25-20(26)16-7-5-6-8-17(16)21(25)27/h5-11,13-14,24H,12H2,1-4H3/t13-,14-/m1/s1. The van der Waals surface area contributed by atoms with Crippen molar-refractivity contribution in [1.82, 2.24) is 4.90 Å². The fourth-order valence-corrected chi connectivity index (χ4v) is 4.28. The van der Waals surface area contributed by atoms with Crippen LogP contribution in [0.3, 0.4) is 0 Å². The lowest BCUT2D eigenvalue weighted by Gasteiger charge is -2.37. The van der Waals surface area contributed by atoms with Gasteiger partial charge in [0, 0.05) is 11.2 Å². The Balaban J connectivity index is 1.53. The summed E-state index contributed by atoms with van der Waals surface area (Å²) >= 11 is 0. The van der Waals surface area contributed by atoms with Gasteiger partial charge in [0.15, 0.2) is 0 Å². The third-order valence-corrected chi connectivity index (χ3v) is 5.62. The maximum absolute atomic E-state index is 12.7. The fourth-order valence-electron chi connectivity index (χ4n) is 4.28. The molecule has 6 heteroatoms. The van der Waals surface area contributed by atoms with Crippen molar-refractivity contribution in [1.29, 1.82) is 0 Å². The maximum atomic E-state index is 12.7. The highest BCUT2D eigenvalue weighted by Gasteiger charge is 2.41. The predicted octanol–water partition coefficient (Wildman–Crippen LogP) is 3.97. The number of benzene rings is 2. The van der Waals surface area contributed by atoms with Crippen molar-refractivity contribution in [2.45, 2.75) is 51.6 Å². The molecule has 6 nitrogen and oxygen atoms in total. The topological polar surface area (TPSA) is 75.7 Å². The smallest absolute Gasteiger partial charge is 0.334 e. The third-order valence-electron chi connectivity index (χ3n) is 5.62. The molecule has 0 unspecified atom stereocenters. The van der Waals surface area contributed by atoms with Gasteiger partial charge in [-0.25, -0.2) is 4.79 Å². The minimum Gasteiger partial charge on any atom is -0.425 e. The second kappa shape index (κ2) is 6.72. The first kappa shape index (κ1) is 19.2. The Morgan fingerprint density at radius 1 is 1.14 bits per heavy atom. The lowest BCUT2D eigenvalue weighted by atomic mass is 9.82. The van der Waals surface area contributed by atoms with E-state index in [1.54, 1.807) is 30.3 Å². The molecule has 2 amide bonds. The zero-order chi connectivity index (χ0) is 20.9. The number of imide groups is 1. The van der Waals surface area contributed by atoms with Crippen molar-refractivity contribution >= 4 is 23.5 Å². The number of rotatable bonds is 3. The van der Waals surface area contributed by atoms with Crippen LogP contribution < -0.4 is 10.1 Å². The average molecular weight is 392 g/mol. The Kier molecular flexibility index (Phi) is 4.45. The van der Waals surface area contributed by atoms with E-state index in [2.05, 4.69) is 26.1 Å². The Morgan fingerprint density at radius 3 is 2.38 bits per heavy atom. The normalized spacial score (nSPS) is 20.6. The molecule has 29 heavy (non-hydrogen) atoms. The van der Waals surface area contributed by atoms with Crippen molar-refractivity contribution < 1.29 is 19.1 Å². The number of carbonyl (C=O) groups excluding carboxylic acids is 3. The van der Waals surface area contributed by atoms with Crippen LogP contribution in [0.1, 0.15) is 66.3 Å². The Bertz CT molecular complexity index is 992. The lowest BCUT2D eigenvalue weighted by molar-refractivity contribution is -0.138. The molecule has 0 spiro atoms. The first-order valence-electron chi connectivity index (χ1n) is 9.79. The van der Waals surface area contributed by atoms with E-state index < -0.39 is 23.8 Å². The van der Waals surface area contributed by atoms with Crippen molar-refractivity contribution in [3.05, 3.63) is 59.2 Å². The van der Waals surface area contributed by atoms with Crippen LogP contribution in [0.4, 0.5) is 5.69 Å². The highest BCUT2D eigenvalue weighted by atomic mass is 16.5. The van der Waals surface area contributed by atoms with Gasteiger partial charge in [-0.1, -0.05) is 19.1 Å². The molecule has 0 radical (unpaired) electrons. The van der Waals surface area contributed by atoms with Crippen LogP contribution in [0.15, 0.2) is 42.5 Å². The fraction of sp³-hybridized carbons (Fsp3) is 0.348. The molecule has 0 saturated carbocycles. The highest BCUT2D eigenvalue weighted by molar-refractivity contribution is 6.22. The van der Waals surface area contributed by atoms with Gasteiger partial charge in [0.1, 0.15) is 11.8 Å². The zero-order valence-corrected chi connectivity index (χ0v) is 17.0. The molecule has 2 aromatic carbocycles. The number of carbonyl (C=O) groups is 3. The molecule has 1 N–H and O–H groups in total. The van der Waals surface area contributed by atoms with E-state index in [4.69, 9.17) is 4.74 Å². The van der Waals surface area contributed by atoms with Crippen LogP contribution in [-0.2, 0) is 4.79 Å². The third kappa shape index (κ3) is 3.28. The van der Waals surface area contributed by atoms with Gasteiger partial charge in [-0.15, -0.1) is 0 Å². The Labute approximate surface area is 169 Å². The summed E-state index contributed by atoms with van der Waals surface area (Å²) in [5.41, 5.74) is 2.75. The first-order valence-corrected chi connectivity index (χ1v) is 9.79. The SMILES string of the molecule is C[C@@H]1CC(C)(C)Nc2ccc(OC(=O)[C@@H](C)N3C(=O)c4ccccc4C3=O)cc21. The van der Waals surface area contributed by atoms with Gasteiger partial charge in [-0.05, 0) is 69.0 Å². The number of anilines is 1. The van der Waals surface area contributed by atoms with E-state index in [-0.39, 0.29) is 5.54 Å². The summed E-state index contributed by atoms with van der Waals surface area (Å²) in [6.07, 6.45) is 0.961. The largest absolute Gasteiger partial charge is 0.425 e. The van der Waals surface area contributed by atoms with Crippen LogP contribution in [-0.4, -0.2) is 34.3 Å². The summed E-state index contributed by atoms with van der Waals surface area (Å²) in [4.78, 5) is 38.9. The molecule has 0 aliphatic carbocycles. The van der Waals surface area contributed by atoms with Gasteiger partial charge in [0.05, 0.1) is 11.1 Å². The molecule has 2 heterocycles. The van der Waals surface area contributed by atoms with E-state index >= 15 is 0 Å². The molecule has 2 aliphatic heterocycles. The van der Waals surface area contributed by atoms with Gasteiger partial charge in [0.25, 0.3) is 11.8 Å². The first-order chi connectivity index (χ1) is 13.7. The van der Waals surface area contributed by atoms with Gasteiger partial charge in [-0.2, -0.15) is 0 Å². The Morgan fingerprint density at radius 2 is 1.76 bits per heavy atom. The molecule has 0 fully saturated rings. The number of nitrogens with zero attached hydrogens (tertiary/aromatic N) is 1. The summed E-state index contributed by atoms with van der Waals surface area (Å²) in [6, 6.07) is 11.0. The highest BCUT2D eigenvalue weighted by Crippen LogP contribution is 2.40. The number of amides is 2. The summed E-state index contributed by atoms with van der Waals surface area (Å²) in [6.45, 7) is 7.97. The minimum atomic E-state index is -1.02. The summed E-state index contributed by atoms with van der Waals surface area (Å²) in [5.74, 6) is -0.864. The summed E-state index contributed by atoms with van der Waals surface area (Å²) in [5, 5.41) is 3.50. The molecule has 2 atom stereocenters. The lowest BCUT2D eigenvalue weighted by Crippen LogP contribution is -2.44. The van der Waals surface area contributed by atoms with Gasteiger partial charge in [-0.3, -0.25) is 14.5 Å². The van der Waals surface area contributed by atoms with Crippen LogP contribution >= 0.6 is 0 Å². The van der Waals surface area contributed by atoms with E-state index in [1.807, 2.05) is 12.1 Å². The van der Waals surface area contributed by atoms with Gasteiger partial charge < -0.3 is 10.1 Å². The number of hydrogen-bond donors (Lipinski definition) is 1. The molecular weight excluding hydrogens is 368 g/mol. The average Bonchev–Trinajstić information content (AvgIpc) is 2.92. The number of fused-ring (bicyclic) bond motifs is 2. The van der Waals surface area contributed by atoms with E-state index in [0.29, 0.717) is 22.8 Å². The summed E-state index contributed by atoms with van der Waals surface area (Å²) < 4.78 is 5.54. The number of nitrogens with one attached hydrogen (secondary N) is 1. The molecule has 150 valence electrons. The van der Waals surface area contributed by atoms with Gasteiger partial charge in [0.2, 0.25) is 0 Å². The van der Waals surface area contributed by atoms with Crippen LogP contribution in [0.25, 0.3) is 0 Å². The molecule has 0 bridgehead atoms. The number of ether oxygens (including phenoxy) is 1. The van der Waals surface area contributed by atoms with Crippen LogP contribution in [0.2, 0.25) is 0 Å². The zero-order valence-electron chi connectivity index (χ0n) is 17.0. The minimum absolute atomic E-state index is 0.00457. The summed E-state index contributed by atoms with van der Waals surface area (Å²) in [7, 11) is 0. The second-order valence-electron chi connectivity index (χ2n) is 8.49. The molecule has 2 aliphatic rings. The van der Waals surface area contributed by atoms with E-state index in [9.17, 15) is 14.4 Å². The van der Waals surface area contributed by atoms with E-state index in [1.165, 1.54) is 6.92 Å². The van der Waals surface area contributed by atoms with E-state index in [0.717, 1.165) is 22.6 Å². The predicted molar refractivity (Wildman–Crippen MR) is 109 cm³/mol. The second-order valence-corrected chi connectivity index (χ2v) is 8.49. The van der Waals surface area contributed by atoms with Crippen molar-refractivity contribution in [3.63, 3.8) is 0 Å². The van der Waals surface area contributed by atoms with Gasteiger partial charge >= 0.3 is 5.97 Å². The molecule has 0 saturated heterocycles. The van der Waals surface area contributed by atoms with Crippen LogP contribution in [0.5, 0.6) is 5.75 Å². The monoisotopic (exact) mass is 392 g/mol. The van der Waals surface area contributed by atoms with Crippen LogP contribution in [0, 0.1) is 0 Å². The maximum Gasteiger partial charge on any atom is 0.334 e.